The third-order valence-electron chi connectivity index (χ3n) is 2.11. The maximum Gasteiger partial charge on any atom is 0.185 e. The summed E-state index contributed by atoms with van der Waals surface area (Å²) in [7, 11) is 1.79. The second-order valence-corrected chi connectivity index (χ2v) is 4.88. The fraction of sp³-hybridized carbons (Fsp3) is 0.600. The molecule has 0 amide bonds. The zero-order valence-electron chi connectivity index (χ0n) is 9.33. The topological polar surface area (TPSA) is 75.3 Å². The number of nitrogens with zero attached hydrogens (tertiary/aromatic N) is 2. The van der Waals surface area contributed by atoms with Crippen LogP contribution in [0.4, 0.5) is 0 Å². The first kappa shape index (κ1) is 13.2. The third kappa shape index (κ3) is 3.96. The molecule has 0 aliphatic heterocycles. The summed E-state index contributed by atoms with van der Waals surface area (Å²) in [6, 6.07) is 0. The quantitative estimate of drug-likeness (QED) is 0.788. The standard InChI is InChI=1S/C10H16N2O3S/c1-7(13)16-4-3-9(14)10(15)8-5-12(2)6-11-8/h5-6,9-10,14-15H,3-4H2,1-2H3. The molecular formula is C10H16N2O3S. The van der Waals surface area contributed by atoms with Gasteiger partial charge in [-0.05, 0) is 6.42 Å². The number of rotatable bonds is 5. The summed E-state index contributed by atoms with van der Waals surface area (Å²) in [5, 5.41) is 19.4. The molecule has 2 N–H and O–H groups in total. The van der Waals surface area contributed by atoms with Gasteiger partial charge in [-0.3, -0.25) is 4.79 Å². The molecule has 0 fully saturated rings. The van der Waals surface area contributed by atoms with Crippen LogP contribution in [0.25, 0.3) is 0 Å². The second kappa shape index (κ2) is 6.03. The van der Waals surface area contributed by atoms with E-state index in [1.807, 2.05) is 0 Å². The van der Waals surface area contributed by atoms with Gasteiger partial charge < -0.3 is 14.8 Å². The lowest BCUT2D eigenvalue weighted by Gasteiger charge is -2.15. The molecule has 5 nitrogen and oxygen atoms in total. The molecule has 2 unspecified atom stereocenters. The van der Waals surface area contributed by atoms with Gasteiger partial charge in [0, 0.05) is 25.9 Å². The summed E-state index contributed by atoms with van der Waals surface area (Å²) >= 11 is 1.14. The third-order valence-corrected chi connectivity index (χ3v) is 2.96. The number of hydrogen-bond acceptors (Lipinski definition) is 5. The van der Waals surface area contributed by atoms with Crippen molar-refractivity contribution < 1.29 is 15.0 Å². The van der Waals surface area contributed by atoms with Crippen LogP contribution >= 0.6 is 11.8 Å². The Morgan fingerprint density at radius 3 is 2.81 bits per heavy atom. The van der Waals surface area contributed by atoms with Crippen molar-refractivity contribution >= 4 is 16.9 Å². The highest BCUT2D eigenvalue weighted by Crippen LogP contribution is 2.18. The van der Waals surface area contributed by atoms with Crippen LogP contribution in [-0.2, 0) is 11.8 Å². The molecule has 6 heteroatoms. The largest absolute Gasteiger partial charge is 0.390 e. The molecule has 1 rings (SSSR count). The van der Waals surface area contributed by atoms with Gasteiger partial charge >= 0.3 is 0 Å². The van der Waals surface area contributed by atoms with Crippen molar-refractivity contribution in [3.8, 4) is 0 Å². The Morgan fingerprint density at radius 1 is 1.62 bits per heavy atom. The van der Waals surface area contributed by atoms with E-state index in [1.165, 1.54) is 6.92 Å². The van der Waals surface area contributed by atoms with Crippen molar-refractivity contribution in [1.82, 2.24) is 9.55 Å². The summed E-state index contributed by atoms with van der Waals surface area (Å²) in [6.07, 6.45) is 1.71. The molecule has 0 spiro atoms. The molecule has 1 heterocycles. The van der Waals surface area contributed by atoms with Crippen molar-refractivity contribution in [2.75, 3.05) is 5.75 Å². The van der Waals surface area contributed by atoms with Crippen LogP contribution in [0.15, 0.2) is 12.5 Å². The summed E-state index contributed by atoms with van der Waals surface area (Å²) < 4.78 is 1.70. The molecule has 16 heavy (non-hydrogen) atoms. The average molecular weight is 244 g/mol. The van der Waals surface area contributed by atoms with Crippen molar-refractivity contribution in [3.63, 3.8) is 0 Å². The average Bonchev–Trinajstić information content (AvgIpc) is 2.63. The molecule has 0 aliphatic rings. The van der Waals surface area contributed by atoms with Crippen LogP contribution in [0.5, 0.6) is 0 Å². The molecule has 0 saturated carbocycles. The van der Waals surface area contributed by atoms with Crippen LogP contribution in [-0.4, -0.2) is 36.7 Å². The number of carbonyl (C=O) groups excluding carboxylic acids is 1. The van der Waals surface area contributed by atoms with Gasteiger partial charge in [-0.1, -0.05) is 11.8 Å². The maximum absolute atomic E-state index is 10.7. The number of thioether (sulfide) groups is 1. The fourth-order valence-corrected chi connectivity index (χ4v) is 1.91. The van der Waals surface area contributed by atoms with E-state index in [0.717, 1.165) is 11.8 Å². The van der Waals surface area contributed by atoms with Crippen LogP contribution in [0.1, 0.15) is 25.1 Å². The van der Waals surface area contributed by atoms with Gasteiger partial charge in [0.05, 0.1) is 18.1 Å². The molecule has 2 atom stereocenters. The van der Waals surface area contributed by atoms with Gasteiger partial charge in [-0.25, -0.2) is 4.98 Å². The van der Waals surface area contributed by atoms with Gasteiger partial charge in [0.2, 0.25) is 0 Å². The second-order valence-electron chi connectivity index (χ2n) is 3.60. The molecule has 1 aromatic heterocycles. The van der Waals surface area contributed by atoms with Crippen molar-refractivity contribution in [3.05, 3.63) is 18.2 Å². The van der Waals surface area contributed by atoms with Gasteiger partial charge in [0.25, 0.3) is 0 Å². The molecular weight excluding hydrogens is 228 g/mol. The summed E-state index contributed by atoms with van der Waals surface area (Å²) in [5.74, 6) is 0.500. The first-order valence-corrected chi connectivity index (χ1v) is 5.96. The number of hydrogen-bond donors (Lipinski definition) is 2. The molecule has 1 aromatic rings. The lowest BCUT2D eigenvalue weighted by molar-refractivity contribution is -0.109. The van der Waals surface area contributed by atoms with E-state index in [1.54, 1.807) is 24.1 Å². The first-order valence-electron chi connectivity index (χ1n) is 4.98. The van der Waals surface area contributed by atoms with Crippen LogP contribution in [0, 0.1) is 0 Å². The molecule has 0 bridgehead atoms. The Hall–Kier alpha value is -0.850. The number of imidazole rings is 1. The SMILES string of the molecule is CC(=O)SCCC(O)C(O)c1cn(C)cn1. The lowest BCUT2D eigenvalue weighted by Crippen LogP contribution is -2.19. The van der Waals surface area contributed by atoms with E-state index >= 15 is 0 Å². The highest BCUT2D eigenvalue weighted by atomic mass is 32.2. The number of aromatic nitrogens is 2. The van der Waals surface area contributed by atoms with Crippen LogP contribution < -0.4 is 0 Å². The molecule has 0 radical (unpaired) electrons. The Bertz CT molecular complexity index is 354. The van der Waals surface area contributed by atoms with Crippen molar-refractivity contribution in [2.45, 2.75) is 25.6 Å². The normalized spacial score (nSPS) is 14.8. The van der Waals surface area contributed by atoms with Gasteiger partial charge in [-0.15, -0.1) is 0 Å². The zero-order valence-corrected chi connectivity index (χ0v) is 10.1. The van der Waals surface area contributed by atoms with E-state index in [4.69, 9.17) is 0 Å². The van der Waals surface area contributed by atoms with E-state index in [0.29, 0.717) is 17.9 Å². The molecule has 90 valence electrons. The Morgan fingerprint density at radius 2 is 2.31 bits per heavy atom. The number of aryl methyl sites for hydroxylation is 1. The Balaban J connectivity index is 2.41. The van der Waals surface area contributed by atoms with E-state index < -0.39 is 12.2 Å². The highest BCUT2D eigenvalue weighted by Gasteiger charge is 2.20. The summed E-state index contributed by atoms with van der Waals surface area (Å²) in [6.45, 7) is 1.48. The molecule has 0 aliphatic carbocycles. The minimum atomic E-state index is -0.992. The predicted molar refractivity (Wildman–Crippen MR) is 61.9 cm³/mol. The maximum atomic E-state index is 10.7. The van der Waals surface area contributed by atoms with Crippen molar-refractivity contribution in [2.24, 2.45) is 7.05 Å². The van der Waals surface area contributed by atoms with Crippen LogP contribution in [0.2, 0.25) is 0 Å². The minimum Gasteiger partial charge on any atom is -0.390 e. The Labute approximate surface area is 98.5 Å². The predicted octanol–water partition coefficient (Wildman–Crippen LogP) is 0.484. The van der Waals surface area contributed by atoms with Crippen molar-refractivity contribution in [1.29, 1.82) is 0 Å². The van der Waals surface area contributed by atoms with E-state index in [2.05, 4.69) is 4.98 Å². The Kier molecular flexibility index (Phi) is 4.98. The first-order chi connectivity index (χ1) is 7.50. The van der Waals surface area contributed by atoms with Gasteiger partial charge in [0.1, 0.15) is 6.10 Å². The highest BCUT2D eigenvalue weighted by molar-refractivity contribution is 8.13. The minimum absolute atomic E-state index is 0.0134. The smallest absolute Gasteiger partial charge is 0.185 e. The number of aliphatic hydroxyl groups is 2. The zero-order chi connectivity index (χ0) is 12.1. The van der Waals surface area contributed by atoms with E-state index in [-0.39, 0.29) is 5.12 Å². The summed E-state index contributed by atoms with van der Waals surface area (Å²) in [4.78, 5) is 14.6. The molecule has 0 aromatic carbocycles. The van der Waals surface area contributed by atoms with E-state index in [9.17, 15) is 15.0 Å². The number of carbonyl (C=O) groups is 1. The monoisotopic (exact) mass is 244 g/mol. The fourth-order valence-electron chi connectivity index (χ4n) is 1.26. The van der Waals surface area contributed by atoms with Crippen LogP contribution in [0.3, 0.4) is 0 Å². The number of aliphatic hydroxyl groups excluding tert-OH is 2. The lowest BCUT2D eigenvalue weighted by atomic mass is 10.1. The summed E-state index contributed by atoms with van der Waals surface area (Å²) in [5.41, 5.74) is 0.447. The molecule has 0 saturated heterocycles. The van der Waals surface area contributed by atoms with Gasteiger partial charge in [0.15, 0.2) is 5.12 Å². The van der Waals surface area contributed by atoms with Gasteiger partial charge in [-0.2, -0.15) is 0 Å².